The van der Waals surface area contributed by atoms with E-state index in [9.17, 15) is 4.79 Å². The smallest absolute Gasteiger partial charge is 0.326 e. The fraction of sp³-hybridized carbons (Fsp3) is 0.714. The molecule has 1 heterocycles. The fourth-order valence-electron chi connectivity index (χ4n) is 0.998. The Morgan fingerprint density at radius 3 is 3.08 bits per heavy atom. The molecule has 0 fully saturated rings. The van der Waals surface area contributed by atoms with E-state index in [0.29, 0.717) is 12.4 Å². The van der Waals surface area contributed by atoms with Gasteiger partial charge >= 0.3 is 5.97 Å². The molecule has 1 unspecified atom stereocenters. The normalized spacial score (nSPS) is 17.9. The summed E-state index contributed by atoms with van der Waals surface area (Å²) in [6.45, 7) is 3.33. The van der Waals surface area contributed by atoms with Gasteiger partial charge < -0.3 is 15.7 Å². The summed E-state index contributed by atoms with van der Waals surface area (Å²) in [4.78, 5) is 14.6. The summed E-state index contributed by atoms with van der Waals surface area (Å²) in [6.07, 6.45) is 0.552. The molecule has 0 amide bonds. The summed E-state index contributed by atoms with van der Waals surface area (Å²) >= 11 is 0. The molecule has 12 heavy (non-hydrogen) atoms. The van der Waals surface area contributed by atoms with Crippen molar-refractivity contribution < 1.29 is 9.90 Å². The van der Waals surface area contributed by atoms with Crippen molar-refractivity contribution in [1.29, 1.82) is 0 Å². The van der Waals surface area contributed by atoms with E-state index in [1.807, 2.05) is 6.92 Å². The molecule has 68 valence electrons. The molecule has 0 aromatic heterocycles. The van der Waals surface area contributed by atoms with Crippen LogP contribution >= 0.6 is 0 Å². The molecule has 0 aromatic carbocycles. The lowest BCUT2D eigenvalue weighted by Crippen LogP contribution is -2.44. The van der Waals surface area contributed by atoms with Crippen LogP contribution in [0.3, 0.4) is 0 Å². The molecule has 0 aliphatic carbocycles. The number of carboxylic acids is 1. The Hall–Kier alpha value is -1.26. The second-order valence-corrected chi connectivity index (χ2v) is 2.60. The lowest BCUT2D eigenvalue weighted by Gasteiger charge is -2.12. The zero-order valence-corrected chi connectivity index (χ0v) is 7.00. The van der Waals surface area contributed by atoms with Gasteiger partial charge in [-0.1, -0.05) is 6.92 Å². The molecular formula is C7H13N3O2. The molecular weight excluding hydrogens is 158 g/mol. The van der Waals surface area contributed by atoms with Gasteiger partial charge in [-0.05, 0) is 6.42 Å². The van der Waals surface area contributed by atoms with Crippen LogP contribution in [0.4, 0.5) is 0 Å². The number of hydrogen-bond acceptors (Lipinski definition) is 4. The standard InChI is InChI=1S/C7H13N3O2/c1-2-5(6(11)12)10-7-8-3-4-9-7/h5H,2-4H2,1H3,(H,11,12)(H2,8,9,10). The van der Waals surface area contributed by atoms with E-state index in [4.69, 9.17) is 5.11 Å². The molecule has 1 rings (SSSR count). The van der Waals surface area contributed by atoms with E-state index in [0.717, 1.165) is 13.1 Å². The van der Waals surface area contributed by atoms with E-state index in [1.54, 1.807) is 0 Å². The number of nitrogens with one attached hydrogen (secondary N) is 2. The Labute approximate surface area is 70.9 Å². The van der Waals surface area contributed by atoms with Gasteiger partial charge in [-0.2, -0.15) is 0 Å². The summed E-state index contributed by atoms with van der Waals surface area (Å²) in [5.41, 5.74) is 0. The first-order valence-corrected chi connectivity index (χ1v) is 4.01. The molecule has 0 saturated heterocycles. The molecule has 1 aliphatic rings. The minimum Gasteiger partial charge on any atom is -0.480 e. The second kappa shape index (κ2) is 3.94. The zero-order valence-electron chi connectivity index (χ0n) is 7.00. The largest absolute Gasteiger partial charge is 0.480 e. The van der Waals surface area contributed by atoms with E-state index in [1.165, 1.54) is 0 Å². The average molecular weight is 171 g/mol. The quantitative estimate of drug-likeness (QED) is 0.530. The molecule has 5 heteroatoms. The predicted octanol–water partition coefficient (Wildman–Crippen LogP) is -0.602. The van der Waals surface area contributed by atoms with Crippen LogP contribution < -0.4 is 10.6 Å². The van der Waals surface area contributed by atoms with Crippen molar-refractivity contribution in [3.63, 3.8) is 0 Å². The van der Waals surface area contributed by atoms with Gasteiger partial charge in [0.25, 0.3) is 0 Å². The summed E-state index contributed by atoms with van der Waals surface area (Å²) in [7, 11) is 0. The zero-order chi connectivity index (χ0) is 8.97. The van der Waals surface area contributed by atoms with Gasteiger partial charge in [-0.15, -0.1) is 0 Å². The van der Waals surface area contributed by atoms with E-state index in [-0.39, 0.29) is 0 Å². The summed E-state index contributed by atoms with van der Waals surface area (Å²) in [6, 6.07) is -0.533. The van der Waals surface area contributed by atoms with Crippen molar-refractivity contribution in [2.45, 2.75) is 19.4 Å². The van der Waals surface area contributed by atoms with Crippen molar-refractivity contribution in [2.75, 3.05) is 13.1 Å². The SMILES string of the molecule is CCC(NC1=NCCN1)C(=O)O. The van der Waals surface area contributed by atoms with Crippen molar-refractivity contribution >= 4 is 11.9 Å². The molecule has 0 bridgehead atoms. The first-order valence-electron chi connectivity index (χ1n) is 4.01. The minimum absolute atomic E-state index is 0.533. The van der Waals surface area contributed by atoms with Crippen LogP contribution in [0.25, 0.3) is 0 Å². The molecule has 0 spiro atoms. The Morgan fingerprint density at radius 2 is 2.67 bits per heavy atom. The van der Waals surface area contributed by atoms with E-state index < -0.39 is 12.0 Å². The van der Waals surface area contributed by atoms with Crippen molar-refractivity contribution in [2.24, 2.45) is 4.99 Å². The summed E-state index contributed by atoms with van der Waals surface area (Å²) in [5, 5.41) is 14.4. The Bertz CT molecular complexity index is 203. The molecule has 0 saturated carbocycles. The Kier molecular flexibility index (Phi) is 2.90. The van der Waals surface area contributed by atoms with E-state index >= 15 is 0 Å². The topological polar surface area (TPSA) is 73.7 Å². The lowest BCUT2D eigenvalue weighted by atomic mass is 10.2. The molecule has 0 radical (unpaired) electrons. The van der Waals surface area contributed by atoms with Crippen LogP contribution in [0.1, 0.15) is 13.3 Å². The first kappa shape index (κ1) is 8.83. The first-order chi connectivity index (χ1) is 5.74. The third-order valence-electron chi connectivity index (χ3n) is 1.69. The number of aliphatic carboxylic acids is 1. The number of hydrogen-bond donors (Lipinski definition) is 3. The third kappa shape index (κ3) is 2.11. The average Bonchev–Trinajstić information content (AvgIpc) is 2.51. The number of aliphatic imine (C=N–C) groups is 1. The van der Waals surface area contributed by atoms with Crippen LogP contribution in [-0.2, 0) is 4.79 Å². The van der Waals surface area contributed by atoms with Crippen LogP contribution in [0.15, 0.2) is 4.99 Å². The second-order valence-electron chi connectivity index (χ2n) is 2.60. The van der Waals surface area contributed by atoms with Gasteiger partial charge in [-0.25, -0.2) is 4.79 Å². The maximum absolute atomic E-state index is 10.6. The van der Waals surface area contributed by atoms with Gasteiger partial charge in [-0.3, -0.25) is 4.99 Å². The highest BCUT2D eigenvalue weighted by Gasteiger charge is 2.17. The fourth-order valence-corrected chi connectivity index (χ4v) is 0.998. The molecule has 1 aliphatic heterocycles. The van der Waals surface area contributed by atoms with Crippen molar-refractivity contribution in [3.8, 4) is 0 Å². The number of rotatable bonds is 3. The van der Waals surface area contributed by atoms with Crippen LogP contribution in [0, 0.1) is 0 Å². The third-order valence-corrected chi connectivity index (χ3v) is 1.69. The van der Waals surface area contributed by atoms with Gasteiger partial charge in [0.05, 0.1) is 6.54 Å². The monoisotopic (exact) mass is 171 g/mol. The number of nitrogens with zero attached hydrogens (tertiary/aromatic N) is 1. The van der Waals surface area contributed by atoms with Crippen LogP contribution in [0.5, 0.6) is 0 Å². The highest BCUT2D eigenvalue weighted by molar-refractivity contribution is 5.86. The lowest BCUT2D eigenvalue weighted by molar-refractivity contribution is -0.139. The highest BCUT2D eigenvalue weighted by Crippen LogP contribution is 1.92. The van der Waals surface area contributed by atoms with Gasteiger partial charge in [0.15, 0.2) is 5.96 Å². The maximum atomic E-state index is 10.6. The number of guanidine groups is 1. The van der Waals surface area contributed by atoms with Crippen LogP contribution in [-0.4, -0.2) is 36.2 Å². The Morgan fingerprint density at radius 1 is 1.92 bits per heavy atom. The molecule has 1 atom stereocenters. The predicted molar refractivity (Wildman–Crippen MR) is 45.2 cm³/mol. The molecule has 5 nitrogen and oxygen atoms in total. The van der Waals surface area contributed by atoms with E-state index in [2.05, 4.69) is 15.6 Å². The van der Waals surface area contributed by atoms with Crippen molar-refractivity contribution in [1.82, 2.24) is 10.6 Å². The van der Waals surface area contributed by atoms with Crippen LogP contribution in [0.2, 0.25) is 0 Å². The molecule has 0 aromatic rings. The molecule has 3 N–H and O–H groups in total. The summed E-state index contributed by atoms with van der Waals surface area (Å²) in [5.74, 6) is -0.238. The number of carboxylic acid groups (broad SMARTS) is 1. The minimum atomic E-state index is -0.839. The van der Waals surface area contributed by atoms with Gasteiger partial charge in [0, 0.05) is 6.54 Å². The Balaban J connectivity index is 2.41. The van der Waals surface area contributed by atoms with Gasteiger partial charge in [0.2, 0.25) is 0 Å². The van der Waals surface area contributed by atoms with Crippen molar-refractivity contribution in [3.05, 3.63) is 0 Å². The van der Waals surface area contributed by atoms with Gasteiger partial charge in [0.1, 0.15) is 6.04 Å². The maximum Gasteiger partial charge on any atom is 0.326 e. The summed E-state index contributed by atoms with van der Waals surface area (Å²) < 4.78 is 0. The highest BCUT2D eigenvalue weighted by atomic mass is 16.4. The number of carbonyl (C=O) groups is 1.